The number of amides is 1. The molecule has 1 aromatic carbocycles. The van der Waals surface area contributed by atoms with E-state index in [0.29, 0.717) is 12.2 Å². The molecule has 0 aliphatic carbocycles. The number of ether oxygens (including phenoxy) is 5. The minimum atomic E-state index is -0.986. The number of methoxy groups -OCH3 is 1. The normalized spacial score (nSPS) is 13.1. The molecule has 2 aromatic rings. The molecule has 35 heavy (non-hydrogen) atoms. The van der Waals surface area contributed by atoms with Crippen LogP contribution in [-0.4, -0.2) is 55.0 Å². The number of carbonyl (C=O) groups is 3. The maximum absolute atomic E-state index is 12.9. The molecule has 3 atom stereocenters. The summed E-state index contributed by atoms with van der Waals surface area (Å²) in [6.07, 6.45) is 1.81. The zero-order chi connectivity index (χ0) is 25.8. The van der Waals surface area contributed by atoms with Crippen LogP contribution in [-0.2, 0) is 19.1 Å². The number of hydrogen-bond acceptors (Lipinski definition) is 9. The lowest BCUT2D eigenvalue weighted by molar-refractivity contribution is -0.156. The molecule has 1 amide bonds. The van der Waals surface area contributed by atoms with Crippen LogP contribution >= 0.6 is 0 Å². The predicted molar refractivity (Wildman–Crippen MR) is 126 cm³/mol. The Kier molecular flexibility index (Phi) is 10.8. The molecule has 0 radical (unpaired) electrons. The Balaban J connectivity index is 2.06. The molecule has 0 spiro atoms. The fourth-order valence-electron chi connectivity index (χ4n) is 3.10. The molecule has 190 valence electrons. The van der Waals surface area contributed by atoms with Crippen molar-refractivity contribution in [3.05, 3.63) is 48.3 Å². The smallest absolute Gasteiger partial charge is 0.328 e. The highest BCUT2D eigenvalue weighted by Gasteiger charge is 2.28. The summed E-state index contributed by atoms with van der Waals surface area (Å²) in [6.45, 7) is 6.10. The molecule has 1 heterocycles. The first-order valence-electron chi connectivity index (χ1n) is 11.3. The molecule has 1 N–H and O–H groups in total. The topological polar surface area (TPSA) is 122 Å². The van der Waals surface area contributed by atoms with E-state index in [1.807, 2.05) is 44.2 Å². The number of aromatic nitrogens is 1. The van der Waals surface area contributed by atoms with Crippen molar-refractivity contribution in [3.8, 4) is 17.2 Å². The monoisotopic (exact) mass is 488 g/mol. The molecule has 10 nitrogen and oxygen atoms in total. The summed E-state index contributed by atoms with van der Waals surface area (Å²) in [7, 11) is 1.39. The maximum atomic E-state index is 12.9. The number of rotatable bonds is 13. The molecule has 1 aromatic heterocycles. The number of nitrogens with zero attached hydrogens (tertiary/aromatic N) is 1. The van der Waals surface area contributed by atoms with Crippen LogP contribution in [0.2, 0.25) is 0 Å². The Morgan fingerprint density at radius 1 is 1.09 bits per heavy atom. The first kappa shape index (κ1) is 27.4. The lowest BCUT2D eigenvalue weighted by atomic mass is 10.1. The lowest BCUT2D eigenvalue weighted by Gasteiger charge is -2.26. The summed E-state index contributed by atoms with van der Waals surface area (Å²) in [5, 5.41) is 2.56. The van der Waals surface area contributed by atoms with Crippen molar-refractivity contribution < 1.29 is 38.1 Å². The zero-order valence-electron chi connectivity index (χ0n) is 20.6. The Hall–Kier alpha value is -3.82. The van der Waals surface area contributed by atoms with E-state index < -0.39 is 42.9 Å². The van der Waals surface area contributed by atoms with Gasteiger partial charge in [0.15, 0.2) is 17.2 Å². The average Bonchev–Trinajstić information content (AvgIpc) is 2.83. The van der Waals surface area contributed by atoms with E-state index in [1.54, 1.807) is 0 Å². The third kappa shape index (κ3) is 8.47. The number of para-hydroxylation sites is 1. The van der Waals surface area contributed by atoms with Gasteiger partial charge in [-0.15, -0.1) is 0 Å². The molecule has 0 saturated carbocycles. The van der Waals surface area contributed by atoms with E-state index >= 15 is 0 Å². The second-order valence-electron chi connectivity index (χ2n) is 7.68. The van der Waals surface area contributed by atoms with Gasteiger partial charge in [-0.25, -0.2) is 9.78 Å². The van der Waals surface area contributed by atoms with E-state index in [4.69, 9.17) is 23.7 Å². The maximum Gasteiger partial charge on any atom is 0.328 e. The van der Waals surface area contributed by atoms with E-state index in [1.165, 1.54) is 33.2 Å². The molecule has 10 heteroatoms. The summed E-state index contributed by atoms with van der Waals surface area (Å²) < 4.78 is 27.0. The molecular weight excluding hydrogens is 456 g/mol. The van der Waals surface area contributed by atoms with Gasteiger partial charge < -0.3 is 29.0 Å². The van der Waals surface area contributed by atoms with Gasteiger partial charge in [-0.1, -0.05) is 31.5 Å². The third-order valence-corrected chi connectivity index (χ3v) is 4.90. The van der Waals surface area contributed by atoms with Crippen LogP contribution in [0.15, 0.2) is 42.6 Å². The largest absolute Gasteiger partial charge is 0.493 e. The van der Waals surface area contributed by atoms with Crippen molar-refractivity contribution in [1.82, 2.24) is 10.3 Å². The van der Waals surface area contributed by atoms with Gasteiger partial charge in [0.05, 0.1) is 7.11 Å². The van der Waals surface area contributed by atoms with Crippen molar-refractivity contribution in [3.63, 3.8) is 0 Å². The Bertz CT molecular complexity index is 983. The van der Waals surface area contributed by atoms with Gasteiger partial charge in [0.25, 0.3) is 5.91 Å². The van der Waals surface area contributed by atoms with Crippen LogP contribution in [0, 0.1) is 0 Å². The van der Waals surface area contributed by atoms with Crippen LogP contribution in [0.3, 0.4) is 0 Å². The number of esters is 2. The van der Waals surface area contributed by atoms with Gasteiger partial charge in [0, 0.05) is 19.2 Å². The zero-order valence-corrected chi connectivity index (χ0v) is 20.6. The highest BCUT2D eigenvalue weighted by molar-refractivity contribution is 5.98. The van der Waals surface area contributed by atoms with Crippen molar-refractivity contribution in [2.45, 2.75) is 58.8 Å². The van der Waals surface area contributed by atoms with Crippen LogP contribution < -0.4 is 19.5 Å². The Morgan fingerprint density at radius 3 is 2.43 bits per heavy atom. The molecule has 0 bridgehead atoms. The van der Waals surface area contributed by atoms with Gasteiger partial charge in [-0.3, -0.25) is 9.59 Å². The van der Waals surface area contributed by atoms with Gasteiger partial charge in [-0.2, -0.15) is 0 Å². The van der Waals surface area contributed by atoms with E-state index in [2.05, 4.69) is 10.3 Å². The molecule has 0 saturated heterocycles. The highest BCUT2D eigenvalue weighted by atomic mass is 16.7. The standard InChI is InChI=1S/C25H32N2O8/c1-6-10-20(17(3)34-19-11-8-7-9-12-19)35-25(30)16(2)27-24(29)22-23(33-15-32-18(4)28)21(31-5)13-14-26-22/h7-9,11-14,16-17,20H,6,10,15H2,1-5H3,(H,27,29)/t16-,17+,20-/m0/s1. The van der Waals surface area contributed by atoms with Crippen LogP contribution in [0.5, 0.6) is 17.2 Å². The Labute approximate surface area is 204 Å². The van der Waals surface area contributed by atoms with E-state index in [-0.39, 0.29) is 17.2 Å². The fourth-order valence-corrected chi connectivity index (χ4v) is 3.10. The number of benzene rings is 1. The summed E-state index contributed by atoms with van der Waals surface area (Å²) in [4.78, 5) is 40.7. The summed E-state index contributed by atoms with van der Waals surface area (Å²) in [6, 6.07) is 9.75. The Morgan fingerprint density at radius 2 is 1.80 bits per heavy atom. The molecular formula is C25H32N2O8. The number of pyridine rings is 1. The minimum Gasteiger partial charge on any atom is -0.493 e. The van der Waals surface area contributed by atoms with Gasteiger partial charge in [0.1, 0.15) is 24.0 Å². The second kappa shape index (κ2) is 13.8. The van der Waals surface area contributed by atoms with E-state index in [9.17, 15) is 14.4 Å². The predicted octanol–water partition coefficient (Wildman–Crippen LogP) is 3.29. The third-order valence-electron chi connectivity index (χ3n) is 4.90. The number of hydrogen-bond donors (Lipinski definition) is 1. The minimum absolute atomic E-state index is 0.0249. The molecule has 0 aliphatic rings. The van der Waals surface area contributed by atoms with Gasteiger partial charge >= 0.3 is 11.9 Å². The van der Waals surface area contributed by atoms with Crippen LogP contribution in [0.25, 0.3) is 0 Å². The SMILES string of the molecule is CCC[C@H](OC(=O)[C@H](C)NC(=O)c1nccc(OC)c1OCOC(C)=O)[C@@H](C)Oc1ccccc1. The number of carbonyl (C=O) groups excluding carboxylic acids is 3. The van der Waals surface area contributed by atoms with Gasteiger partial charge in [0.2, 0.25) is 6.79 Å². The summed E-state index contributed by atoms with van der Waals surface area (Å²) in [5.41, 5.74) is -0.137. The second-order valence-corrected chi connectivity index (χ2v) is 7.68. The first-order chi connectivity index (χ1) is 16.8. The molecule has 2 rings (SSSR count). The van der Waals surface area contributed by atoms with Crippen molar-refractivity contribution >= 4 is 17.8 Å². The van der Waals surface area contributed by atoms with Crippen molar-refractivity contribution in [1.29, 1.82) is 0 Å². The van der Waals surface area contributed by atoms with Crippen molar-refractivity contribution in [2.24, 2.45) is 0 Å². The highest BCUT2D eigenvalue weighted by Crippen LogP contribution is 2.29. The van der Waals surface area contributed by atoms with Crippen molar-refractivity contribution in [2.75, 3.05) is 13.9 Å². The molecule has 0 aliphatic heterocycles. The van der Waals surface area contributed by atoms with Crippen LogP contribution in [0.1, 0.15) is 51.0 Å². The summed E-state index contributed by atoms with van der Waals surface area (Å²) >= 11 is 0. The average molecular weight is 489 g/mol. The first-order valence-corrected chi connectivity index (χ1v) is 11.3. The quantitative estimate of drug-likeness (QED) is 0.334. The fraction of sp³-hybridized carbons (Fsp3) is 0.440. The molecule has 0 unspecified atom stereocenters. The summed E-state index contributed by atoms with van der Waals surface area (Å²) in [5.74, 6) is -1.01. The lowest BCUT2D eigenvalue weighted by Crippen LogP contribution is -2.43. The molecule has 0 fully saturated rings. The van der Waals surface area contributed by atoms with Gasteiger partial charge in [-0.05, 0) is 32.4 Å². The number of nitrogens with one attached hydrogen (secondary N) is 1. The van der Waals surface area contributed by atoms with E-state index in [0.717, 1.165) is 6.42 Å². The van der Waals surface area contributed by atoms with Crippen LogP contribution in [0.4, 0.5) is 0 Å².